The van der Waals surface area contributed by atoms with E-state index in [0.717, 1.165) is 23.9 Å². The molecule has 1 saturated heterocycles. The highest BCUT2D eigenvalue weighted by Gasteiger charge is 2.14. The first-order valence-corrected chi connectivity index (χ1v) is 9.67. The molecule has 1 N–H and O–H groups in total. The van der Waals surface area contributed by atoms with Crippen molar-refractivity contribution in [3.63, 3.8) is 0 Å². The molecule has 152 valence electrons. The fourth-order valence-electron chi connectivity index (χ4n) is 3.42. The molecule has 1 amide bonds. The summed E-state index contributed by atoms with van der Waals surface area (Å²) in [7, 11) is 0. The van der Waals surface area contributed by atoms with E-state index >= 15 is 0 Å². The van der Waals surface area contributed by atoms with Gasteiger partial charge in [0.1, 0.15) is 11.6 Å². The van der Waals surface area contributed by atoms with E-state index in [0.29, 0.717) is 44.0 Å². The number of amides is 1. The van der Waals surface area contributed by atoms with Crippen LogP contribution in [0.3, 0.4) is 0 Å². The van der Waals surface area contributed by atoms with Crippen LogP contribution in [0.25, 0.3) is 10.9 Å². The number of nitrogens with one attached hydrogen (secondary N) is 1. The molecule has 0 radical (unpaired) electrons. The minimum Gasteiger partial charge on any atom is -0.409 e. The summed E-state index contributed by atoms with van der Waals surface area (Å²) in [6.07, 6.45) is 5.80. The maximum Gasteiger partial charge on any atom is 0.427 e. The van der Waals surface area contributed by atoms with Crippen LogP contribution in [-0.4, -0.2) is 47.0 Å². The van der Waals surface area contributed by atoms with E-state index in [9.17, 15) is 9.18 Å². The number of hydrogen-bond acceptors (Lipinski definition) is 5. The molecule has 3 aromatic rings. The lowest BCUT2D eigenvalue weighted by atomic mass is 10.1. The van der Waals surface area contributed by atoms with Gasteiger partial charge in [0.15, 0.2) is 0 Å². The van der Waals surface area contributed by atoms with Crippen LogP contribution in [0.5, 0.6) is 5.75 Å². The molecule has 2 aromatic heterocycles. The van der Waals surface area contributed by atoms with Crippen LogP contribution >= 0.6 is 0 Å². The number of pyridine rings is 1. The number of hydrazine groups is 1. The number of aryl methyl sites for hydroxylation is 2. The summed E-state index contributed by atoms with van der Waals surface area (Å²) >= 11 is 0. The van der Waals surface area contributed by atoms with Crippen molar-refractivity contribution in [2.45, 2.75) is 19.4 Å². The Kier molecular flexibility index (Phi) is 6.02. The van der Waals surface area contributed by atoms with Gasteiger partial charge in [-0.05, 0) is 48.7 Å². The molecule has 0 saturated carbocycles. The molecule has 0 aliphatic carbocycles. The minimum atomic E-state index is -0.509. The van der Waals surface area contributed by atoms with Gasteiger partial charge in [-0.1, -0.05) is 0 Å². The minimum absolute atomic E-state index is 0.262. The maximum absolute atomic E-state index is 13.7. The molecular formula is C21H23FN4O3. The van der Waals surface area contributed by atoms with Gasteiger partial charge in [-0.2, -0.15) is 0 Å². The zero-order chi connectivity index (χ0) is 20.1. The Labute approximate surface area is 168 Å². The van der Waals surface area contributed by atoms with E-state index in [-0.39, 0.29) is 5.82 Å². The topological polar surface area (TPSA) is 68.6 Å². The van der Waals surface area contributed by atoms with Gasteiger partial charge < -0.3 is 14.0 Å². The van der Waals surface area contributed by atoms with Gasteiger partial charge in [0.05, 0.1) is 19.4 Å². The number of hydrogen-bond donors (Lipinski definition) is 1. The number of fused-ring (bicyclic) bond motifs is 1. The van der Waals surface area contributed by atoms with Gasteiger partial charge in [-0.15, -0.1) is 0 Å². The highest BCUT2D eigenvalue weighted by atomic mass is 19.1. The van der Waals surface area contributed by atoms with Crippen molar-refractivity contribution in [1.29, 1.82) is 0 Å². The zero-order valence-corrected chi connectivity index (χ0v) is 16.0. The summed E-state index contributed by atoms with van der Waals surface area (Å²) < 4.78 is 26.4. The third-order valence-electron chi connectivity index (χ3n) is 4.92. The van der Waals surface area contributed by atoms with Gasteiger partial charge in [0.25, 0.3) is 0 Å². The maximum atomic E-state index is 13.7. The summed E-state index contributed by atoms with van der Waals surface area (Å²) in [6, 6.07) is 9.25. The van der Waals surface area contributed by atoms with E-state index < -0.39 is 6.09 Å². The summed E-state index contributed by atoms with van der Waals surface area (Å²) in [5, 5.41) is 2.77. The number of rotatable bonds is 6. The van der Waals surface area contributed by atoms with Crippen LogP contribution < -0.4 is 10.2 Å². The average Bonchev–Trinajstić information content (AvgIpc) is 3.12. The normalized spacial score (nSPS) is 14.8. The lowest BCUT2D eigenvalue weighted by Gasteiger charge is -2.26. The molecule has 8 heteroatoms. The number of aromatic nitrogens is 2. The molecule has 0 bridgehead atoms. The van der Waals surface area contributed by atoms with E-state index in [2.05, 4.69) is 15.0 Å². The monoisotopic (exact) mass is 398 g/mol. The highest BCUT2D eigenvalue weighted by molar-refractivity contribution is 5.82. The summed E-state index contributed by atoms with van der Waals surface area (Å²) in [5.74, 6) is 0.224. The van der Waals surface area contributed by atoms with Crippen LogP contribution in [0.1, 0.15) is 12.0 Å². The van der Waals surface area contributed by atoms with Crippen molar-refractivity contribution >= 4 is 17.0 Å². The third-order valence-corrected chi connectivity index (χ3v) is 4.92. The first kappa shape index (κ1) is 19.4. The predicted octanol–water partition coefficient (Wildman–Crippen LogP) is 3.14. The first-order chi connectivity index (χ1) is 14.2. The van der Waals surface area contributed by atoms with Crippen molar-refractivity contribution < 1.29 is 18.7 Å². The standard InChI is InChI=1S/C21H23FN4O3/c22-19-15-23-7-5-16(19)2-1-8-25-9-6-17-14-18(3-4-20(17)25)29-21(27)24-26-10-12-28-13-11-26/h3-7,9,14-15H,1-2,8,10-13H2,(H,24,27). The van der Waals surface area contributed by atoms with Gasteiger partial charge in [0, 0.05) is 42.9 Å². The number of nitrogens with zero attached hydrogens (tertiary/aromatic N) is 3. The SMILES string of the molecule is O=C(NN1CCOCC1)Oc1ccc2c(ccn2CCCc2ccncc2F)c1. The summed E-state index contributed by atoms with van der Waals surface area (Å²) in [6.45, 7) is 3.23. The zero-order valence-electron chi connectivity index (χ0n) is 16.0. The Morgan fingerprint density at radius 3 is 2.93 bits per heavy atom. The molecular weight excluding hydrogens is 375 g/mol. The van der Waals surface area contributed by atoms with Crippen LogP contribution in [0.4, 0.5) is 9.18 Å². The molecule has 1 fully saturated rings. The molecule has 3 heterocycles. The number of halogens is 1. The highest BCUT2D eigenvalue weighted by Crippen LogP contribution is 2.23. The molecule has 4 rings (SSSR count). The second-order valence-corrected chi connectivity index (χ2v) is 6.90. The Morgan fingerprint density at radius 2 is 2.10 bits per heavy atom. The fourth-order valence-corrected chi connectivity index (χ4v) is 3.42. The van der Waals surface area contributed by atoms with Gasteiger partial charge >= 0.3 is 6.09 Å². The molecule has 29 heavy (non-hydrogen) atoms. The Balaban J connectivity index is 1.34. The summed E-state index contributed by atoms with van der Waals surface area (Å²) in [5.41, 5.74) is 4.44. The van der Waals surface area contributed by atoms with Crippen LogP contribution in [0.15, 0.2) is 48.9 Å². The van der Waals surface area contributed by atoms with Crippen molar-refractivity contribution in [3.05, 3.63) is 60.3 Å². The molecule has 1 aliphatic heterocycles. The number of morpholine rings is 1. The van der Waals surface area contributed by atoms with Crippen LogP contribution in [-0.2, 0) is 17.7 Å². The van der Waals surface area contributed by atoms with Crippen LogP contribution in [0.2, 0.25) is 0 Å². The van der Waals surface area contributed by atoms with Crippen molar-refractivity contribution in [2.24, 2.45) is 0 Å². The quantitative estimate of drug-likeness (QED) is 0.691. The molecule has 0 atom stereocenters. The van der Waals surface area contributed by atoms with E-state index in [1.165, 1.54) is 6.20 Å². The third kappa shape index (κ3) is 4.90. The first-order valence-electron chi connectivity index (χ1n) is 9.67. The largest absolute Gasteiger partial charge is 0.427 e. The lowest BCUT2D eigenvalue weighted by Crippen LogP contribution is -2.49. The van der Waals surface area contributed by atoms with E-state index in [4.69, 9.17) is 9.47 Å². The number of carbonyl (C=O) groups is 1. The number of ether oxygens (including phenoxy) is 2. The Hall–Kier alpha value is -2.97. The van der Waals surface area contributed by atoms with Crippen LogP contribution in [0, 0.1) is 5.82 Å². The number of benzene rings is 1. The van der Waals surface area contributed by atoms with Gasteiger partial charge in [0.2, 0.25) is 0 Å². The van der Waals surface area contributed by atoms with E-state index in [1.807, 2.05) is 24.4 Å². The Bertz CT molecular complexity index is 985. The molecule has 7 nitrogen and oxygen atoms in total. The lowest BCUT2D eigenvalue weighted by molar-refractivity contribution is 0.0153. The Morgan fingerprint density at radius 1 is 1.24 bits per heavy atom. The van der Waals surface area contributed by atoms with Crippen molar-refractivity contribution in [2.75, 3.05) is 26.3 Å². The fraction of sp³-hybridized carbons (Fsp3) is 0.333. The van der Waals surface area contributed by atoms with Crippen molar-refractivity contribution in [3.8, 4) is 5.75 Å². The number of carbonyl (C=O) groups excluding carboxylic acids is 1. The molecule has 1 aromatic carbocycles. The summed E-state index contributed by atoms with van der Waals surface area (Å²) in [4.78, 5) is 15.8. The predicted molar refractivity (Wildman–Crippen MR) is 106 cm³/mol. The second-order valence-electron chi connectivity index (χ2n) is 6.90. The molecule has 0 spiro atoms. The van der Waals surface area contributed by atoms with Gasteiger partial charge in [-0.25, -0.2) is 14.2 Å². The van der Waals surface area contributed by atoms with E-state index in [1.54, 1.807) is 23.3 Å². The second kappa shape index (κ2) is 9.02. The van der Waals surface area contributed by atoms with Gasteiger partial charge in [-0.3, -0.25) is 10.4 Å². The molecule has 0 unspecified atom stereocenters. The smallest absolute Gasteiger partial charge is 0.409 e. The molecule has 1 aliphatic rings. The average molecular weight is 398 g/mol. The van der Waals surface area contributed by atoms with Crippen molar-refractivity contribution in [1.82, 2.24) is 20.0 Å².